The normalized spacial score (nSPS) is 11.3. The standard InChI is InChI=1S/C11H12O2/c1-3-11(13)10-7-5-4-6-9(10)8(2)12/h3-7,12-13H,2H2,1H3/b11-3+. The van der Waals surface area contributed by atoms with Gasteiger partial charge < -0.3 is 10.2 Å². The molecule has 13 heavy (non-hydrogen) atoms. The number of benzene rings is 1. The van der Waals surface area contributed by atoms with Crippen LogP contribution in [0.15, 0.2) is 36.9 Å². The molecular weight excluding hydrogens is 164 g/mol. The zero-order valence-electron chi connectivity index (χ0n) is 7.49. The van der Waals surface area contributed by atoms with Gasteiger partial charge in [-0.05, 0) is 13.0 Å². The van der Waals surface area contributed by atoms with Gasteiger partial charge in [-0.2, -0.15) is 0 Å². The molecule has 0 radical (unpaired) electrons. The van der Waals surface area contributed by atoms with E-state index < -0.39 is 0 Å². The quantitative estimate of drug-likeness (QED) is 0.679. The lowest BCUT2D eigenvalue weighted by Crippen LogP contribution is -1.90. The number of hydrogen-bond acceptors (Lipinski definition) is 2. The third-order valence-corrected chi connectivity index (χ3v) is 1.79. The highest BCUT2D eigenvalue weighted by atomic mass is 16.3. The number of aliphatic hydroxyl groups is 2. The van der Waals surface area contributed by atoms with Crippen LogP contribution in [0.1, 0.15) is 18.1 Å². The topological polar surface area (TPSA) is 40.5 Å². The summed E-state index contributed by atoms with van der Waals surface area (Å²) in [5.41, 5.74) is 1.15. The van der Waals surface area contributed by atoms with Crippen molar-refractivity contribution < 1.29 is 10.2 Å². The summed E-state index contributed by atoms with van der Waals surface area (Å²) in [5, 5.41) is 18.7. The zero-order chi connectivity index (χ0) is 9.84. The summed E-state index contributed by atoms with van der Waals surface area (Å²) in [5.74, 6) is 0.106. The predicted molar refractivity (Wildman–Crippen MR) is 54.4 cm³/mol. The van der Waals surface area contributed by atoms with Crippen LogP contribution in [0.3, 0.4) is 0 Å². The molecule has 1 aromatic rings. The monoisotopic (exact) mass is 176 g/mol. The highest BCUT2D eigenvalue weighted by Gasteiger charge is 2.06. The molecule has 0 bridgehead atoms. The van der Waals surface area contributed by atoms with Gasteiger partial charge in [-0.15, -0.1) is 0 Å². The van der Waals surface area contributed by atoms with Gasteiger partial charge in [0.25, 0.3) is 0 Å². The Morgan fingerprint density at radius 3 is 2.23 bits per heavy atom. The molecule has 1 rings (SSSR count). The first-order valence-corrected chi connectivity index (χ1v) is 3.99. The zero-order valence-corrected chi connectivity index (χ0v) is 7.49. The molecule has 0 heterocycles. The van der Waals surface area contributed by atoms with Crippen molar-refractivity contribution in [3.8, 4) is 0 Å². The number of hydrogen-bond donors (Lipinski definition) is 2. The van der Waals surface area contributed by atoms with Crippen molar-refractivity contribution in [2.45, 2.75) is 6.92 Å². The minimum atomic E-state index is -0.0380. The van der Waals surface area contributed by atoms with Gasteiger partial charge in [0.15, 0.2) is 0 Å². The van der Waals surface area contributed by atoms with Crippen LogP contribution in [0.4, 0.5) is 0 Å². The van der Waals surface area contributed by atoms with Crippen LogP contribution in [0, 0.1) is 0 Å². The molecule has 0 amide bonds. The predicted octanol–water partition coefficient (Wildman–Crippen LogP) is 3.13. The highest BCUT2D eigenvalue weighted by Crippen LogP contribution is 2.21. The summed E-state index contributed by atoms with van der Waals surface area (Å²) in [6.07, 6.45) is 1.57. The highest BCUT2D eigenvalue weighted by molar-refractivity contribution is 5.72. The molecule has 0 aliphatic rings. The van der Waals surface area contributed by atoms with Gasteiger partial charge in [0.1, 0.15) is 11.5 Å². The van der Waals surface area contributed by atoms with Gasteiger partial charge in [0.2, 0.25) is 0 Å². The van der Waals surface area contributed by atoms with E-state index >= 15 is 0 Å². The van der Waals surface area contributed by atoms with Crippen molar-refractivity contribution in [3.05, 3.63) is 48.0 Å². The molecule has 0 aromatic heterocycles. The van der Waals surface area contributed by atoms with E-state index in [1.54, 1.807) is 37.3 Å². The summed E-state index contributed by atoms with van der Waals surface area (Å²) >= 11 is 0. The molecule has 0 aliphatic carbocycles. The number of rotatable bonds is 2. The molecule has 0 saturated carbocycles. The second-order valence-electron chi connectivity index (χ2n) is 2.67. The first-order chi connectivity index (χ1) is 6.16. The second-order valence-corrected chi connectivity index (χ2v) is 2.67. The number of allylic oxidation sites excluding steroid dienone is 1. The molecule has 0 fully saturated rings. The third kappa shape index (κ3) is 1.90. The molecule has 1 aromatic carbocycles. The lowest BCUT2D eigenvalue weighted by molar-refractivity contribution is 0.501. The van der Waals surface area contributed by atoms with Crippen LogP contribution in [-0.2, 0) is 0 Å². The molecule has 0 saturated heterocycles. The van der Waals surface area contributed by atoms with E-state index in [0.29, 0.717) is 11.1 Å². The second kappa shape index (κ2) is 3.81. The van der Waals surface area contributed by atoms with Gasteiger partial charge >= 0.3 is 0 Å². The fourth-order valence-electron chi connectivity index (χ4n) is 1.11. The SMILES string of the molecule is C=C(O)c1ccccc1/C(O)=C\C. The summed E-state index contributed by atoms with van der Waals surface area (Å²) in [6, 6.07) is 7.01. The average molecular weight is 176 g/mol. The van der Waals surface area contributed by atoms with Crippen molar-refractivity contribution >= 4 is 11.5 Å². The van der Waals surface area contributed by atoms with Crippen molar-refractivity contribution in [2.24, 2.45) is 0 Å². The van der Waals surface area contributed by atoms with Gasteiger partial charge in [-0.3, -0.25) is 0 Å². The van der Waals surface area contributed by atoms with Gasteiger partial charge in [-0.1, -0.05) is 30.8 Å². The lowest BCUT2D eigenvalue weighted by atomic mass is 10.0. The van der Waals surface area contributed by atoms with E-state index in [4.69, 9.17) is 0 Å². The van der Waals surface area contributed by atoms with Crippen molar-refractivity contribution in [3.63, 3.8) is 0 Å². The fourth-order valence-corrected chi connectivity index (χ4v) is 1.11. The first-order valence-electron chi connectivity index (χ1n) is 3.99. The van der Waals surface area contributed by atoms with Crippen molar-refractivity contribution in [1.29, 1.82) is 0 Å². The minimum Gasteiger partial charge on any atom is -0.508 e. The minimum absolute atomic E-state index is 0.0380. The van der Waals surface area contributed by atoms with E-state index in [2.05, 4.69) is 6.58 Å². The largest absolute Gasteiger partial charge is 0.508 e. The van der Waals surface area contributed by atoms with Gasteiger partial charge in [-0.25, -0.2) is 0 Å². The van der Waals surface area contributed by atoms with Crippen LogP contribution < -0.4 is 0 Å². The Kier molecular flexibility index (Phi) is 2.75. The Labute approximate surface area is 77.5 Å². The Morgan fingerprint density at radius 2 is 1.77 bits per heavy atom. The maximum Gasteiger partial charge on any atom is 0.119 e. The van der Waals surface area contributed by atoms with E-state index in [0.717, 1.165) is 0 Å². The van der Waals surface area contributed by atoms with E-state index in [9.17, 15) is 10.2 Å². The summed E-state index contributed by atoms with van der Waals surface area (Å²) < 4.78 is 0. The molecule has 0 atom stereocenters. The lowest BCUT2D eigenvalue weighted by Gasteiger charge is -2.06. The van der Waals surface area contributed by atoms with Crippen LogP contribution in [0.25, 0.3) is 11.5 Å². The molecule has 2 N–H and O–H groups in total. The Balaban J connectivity index is 3.28. The molecule has 0 unspecified atom stereocenters. The Hall–Kier alpha value is -1.70. The smallest absolute Gasteiger partial charge is 0.119 e. The summed E-state index contributed by atoms with van der Waals surface area (Å²) in [6.45, 7) is 5.15. The van der Waals surface area contributed by atoms with Gasteiger partial charge in [0, 0.05) is 11.1 Å². The molecular formula is C11H12O2. The van der Waals surface area contributed by atoms with E-state index in [1.165, 1.54) is 0 Å². The van der Waals surface area contributed by atoms with Crippen molar-refractivity contribution in [2.75, 3.05) is 0 Å². The summed E-state index contributed by atoms with van der Waals surface area (Å²) in [7, 11) is 0. The molecule has 68 valence electrons. The van der Waals surface area contributed by atoms with Crippen LogP contribution >= 0.6 is 0 Å². The molecule has 0 aliphatic heterocycles. The number of aliphatic hydroxyl groups excluding tert-OH is 2. The summed E-state index contributed by atoms with van der Waals surface area (Å²) in [4.78, 5) is 0. The first kappa shape index (κ1) is 9.39. The third-order valence-electron chi connectivity index (χ3n) is 1.79. The fraction of sp³-hybridized carbons (Fsp3) is 0.0909. The Bertz CT molecular complexity index is 351. The Morgan fingerprint density at radius 1 is 1.23 bits per heavy atom. The van der Waals surface area contributed by atoms with E-state index in [1.807, 2.05) is 0 Å². The van der Waals surface area contributed by atoms with Crippen LogP contribution in [-0.4, -0.2) is 10.2 Å². The maximum atomic E-state index is 9.47. The maximum absolute atomic E-state index is 9.47. The molecule has 2 nitrogen and oxygen atoms in total. The van der Waals surface area contributed by atoms with Gasteiger partial charge in [0.05, 0.1) is 0 Å². The molecule has 2 heteroatoms. The van der Waals surface area contributed by atoms with Crippen LogP contribution in [0.5, 0.6) is 0 Å². The van der Waals surface area contributed by atoms with Crippen LogP contribution in [0.2, 0.25) is 0 Å². The van der Waals surface area contributed by atoms with E-state index in [-0.39, 0.29) is 11.5 Å². The van der Waals surface area contributed by atoms with Crippen molar-refractivity contribution in [1.82, 2.24) is 0 Å². The average Bonchev–Trinajstić information content (AvgIpc) is 2.16. The molecule has 0 spiro atoms.